The fourth-order valence-corrected chi connectivity index (χ4v) is 2.36. The highest BCUT2D eigenvalue weighted by molar-refractivity contribution is 6.32. The lowest BCUT2D eigenvalue weighted by Crippen LogP contribution is -2.25. The number of benzene rings is 2. The van der Waals surface area contributed by atoms with Crippen LogP contribution in [0, 0.1) is 0 Å². The van der Waals surface area contributed by atoms with Gasteiger partial charge in [0.05, 0.1) is 18.7 Å². The molecule has 0 aliphatic heterocycles. The maximum atomic E-state index is 12.1. The molecule has 0 atom stereocenters. The van der Waals surface area contributed by atoms with Crippen LogP contribution in [0.5, 0.6) is 11.5 Å². The first-order chi connectivity index (χ1) is 11.1. The van der Waals surface area contributed by atoms with Gasteiger partial charge < -0.3 is 14.8 Å². The van der Waals surface area contributed by atoms with Gasteiger partial charge in [0.25, 0.3) is 5.91 Å². The van der Waals surface area contributed by atoms with Gasteiger partial charge in [0, 0.05) is 12.1 Å². The van der Waals surface area contributed by atoms with Crippen molar-refractivity contribution in [1.82, 2.24) is 5.32 Å². The molecule has 0 aliphatic carbocycles. The zero-order valence-electron chi connectivity index (χ0n) is 13.3. The molecule has 2 aromatic carbocycles. The van der Waals surface area contributed by atoms with E-state index in [1.807, 2.05) is 31.2 Å². The summed E-state index contributed by atoms with van der Waals surface area (Å²) >= 11 is 6.09. The molecule has 0 saturated heterocycles. The fourth-order valence-electron chi connectivity index (χ4n) is 2.13. The average Bonchev–Trinajstić information content (AvgIpc) is 2.57. The number of carbonyl (C=O) groups excluding carboxylic acids is 1. The largest absolute Gasteiger partial charge is 0.497 e. The Morgan fingerprint density at radius 1 is 1.17 bits per heavy atom. The van der Waals surface area contributed by atoms with E-state index in [1.54, 1.807) is 25.3 Å². The summed E-state index contributed by atoms with van der Waals surface area (Å²) in [5, 5.41) is 3.32. The lowest BCUT2D eigenvalue weighted by Gasteiger charge is -2.09. The Bertz CT molecular complexity index is 656. The maximum absolute atomic E-state index is 12.1. The van der Waals surface area contributed by atoms with Crippen LogP contribution in [0.3, 0.4) is 0 Å². The number of hydrogen-bond donors (Lipinski definition) is 1. The molecule has 4 nitrogen and oxygen atoms in total. The molecule has 0 bridgehead atoms. The molecule has 0 radical (unpaired) electrons. The molecule has 0 aromatic heterocycles. The monoisotopic (exact) mass is 333 g/mol. The van der Waals surface area contributed by atoms with Crippen LogP contribution in [-0.2, 0) is 6.42 Å². The summed E-state index contributed by atoms with van der Waals surface area (Å²) in [5.41, 5.74) is 1.66. The van der Waals surface area contributed by atoms with Crippen LogP contribution in [0.15, 0.2) is 42.5 Å². The second kappa shape index (κ2) is 8.44. The third-order valence-corrected chi connectivity index (χ3v) is 3.65. The number of methoxy groups -OCH3 is 1. The molecule has 2 aromatic rings. The van der Waals surface area contributed by atoms with E-state index in [1.165, 1.54) is 0 Å². The average molecular weight is 334 g/mol. The van der Waals surface area contributed by atoms with Gasteiger partial charge in [0.15, 0.2) is 0 Å². The summed E-state index contributed by atoms with van der Waals surface area (Å²) < 4.78 is 10.5. The molecular weight excluding hydrogens is 314 g/mol. The Labute approximate surface area is 141 Å². The van der Waals surface area contributed by atoms with E-state index in [2.05, 4.69) is 5.32 Å². The van der Waals surface area contributed by atoms with Crippen molar-refractivity contribution in [3.05, 3.63) is 58.6 Å². The summed E-state index contributed by atoms with van der Waals surface area (Å²) in [5.74, 6) is 1.26. The number of carbonyl (C=O) groups is 1. The van der Waals surface area contributed by atoms with Gasteiger partial charge in [0.2, 0.25) is 0 Å². The minimum absolute atomic E-state index is 0.150. The molecule has 1 amide bonds. The molecule has 122 valence electrons. The predicted molar refractivity (Wildman–Crippen MR) is 91.7 cm³/mol. The van der Waals surface area contributed by atoms with Crippen molar-refractivity contribution in [2.75, 3.05) is 20.3 Å². The van der Waals surface area contributed by atoms with E-state index in [0.717, 1.165) is 17.7 Å². The van der Waals surface area contributed by atoms with Crippen molar-refractivity contribution in [1.29, 1.82) is 0 Å². The SMILES string of the molecule is CCOc1ccc(C(=O)NCCc2ccc(OC)cc2)cc1Cl. The molecule has 0 heterocycles. The smallest absolute Gasteiger partial charge is 0.251 e. The summed E-state index contributed by atoms with van der Waals surface area (Å²) in [4.78, 5) is 12.1. The van der Waals surface area contributed by atoms with Gasteiger partial charge >= 0.3 is 0 Å². The van der Waals surface area contributed by atoms with Gasteiger partial charge in [-0.1, -0.05) is 23.7 Å². The first-order valence-corrected chi connectivity index (χ1v) is 7.85. The number of ether oxygens (including phenoxy) is 2. The van der Waals surface area contributed by atoms with Crippen molar-refractivity contribution in [2.24, 2.45) is 0 Å². The molecule has 0 saturated carbocycles. The van der Waals surface area contributed by atoms with Crippen LogP contribution in [0.2, 0.25) is 5.02 Å². The molecule has 5 heteroatoms. The highest BCUT2D eigenvalue weighted by atomic mass is 35.5. The van der Waals surface area contributed by atoms with Crippen LogP contribution >= 0.6 is 11.6 Å². The molecule has 1 N–H and O–H groups in total. The molecule has 0 fully saturated rings. The van der Waals surface area contributed by atoms with Crippen LogP contribution in [0.25, 0.3) is 0 Å². The van der Waals surface area contributed by atoms with Crippen LogP contribution in [0.4, 0.5) is 0 Å². The van der Waals surface area contributed by atoms with E-state index in [0.29, 0.717) is 29.5 Å². The van der Waals surface area contributed by atoms with E-state index in [4.69, 9.17) is 21.1 Å². The molecule has 2 rings (SSSR count). The summed E-state index contributed by atoms with van der Waals surface area (Å²) in [7, 11) is 1.64. The number of hydrogen-bond acceptors (Lipinski definition) is 3. The van der Waals surface area contributed by atoms with Crippen molar-refractivity contribution in [2.45, 2.75) is 13.3 Å². The molecule has 23 heavy (non-hydrogen) atoms. The number of amides is 1. The van der Waals surface area contributed by atoms with Gasteiger partial charge in [-0.2, -0.15) is 0 Å². The number of rotatable bonds is 7. The predicted octanol–water partition coefficient (Wildman–Crippen LogP) is 3.72. The van der Waals surface area contributed by atoms with E-state index in [-0.39, 0.29) is 5.91 Å². The molecule has 0 aliphatic rings. The molecular formula is C18H20ClNO3. The van der Waals surface area contributed by atoms with Gasteiger partial charge in [-0.25, -0.2) is 0 Å². The van der Waals surface area contributed by atoms with E-state index >= 15 is 0 Å². The Morgan fingerprint density at radius 2 is 1.91 bits per heavy atom. The quantitative estimate of drug-likeness (QED) is 0.840. The lowest BCUT2D eigenvalue weighted by molar-refractivity contribution is 0.0954. The zero-order chi connectivity index (χ0) is 16.7. The lowest BCUT2D eigenvalue weighted by atomic mass is 10.1. The summed E-state index contributed by atoms with van der Waals surface area (Å²) in [6, 6.07) is 12.8. The van der Waals surface area contributed by atoms with Gasteiger partial charge in [0.1, 0.15) is 11.5 Å². The summed E-state index contributed by atoms with van der Waals surface area (Å²) in [6.07, 6.45) is 0.750. The second-order valence-corrected chi connectivity index (χ2v) is 5.34. The Kier molecular flexibility index (Phi) is 6.29. The minimum Gasteiger partial charge on any atom is -0.497 e. The van der Waals surface area contributed by atoms with Gasteiger partial charge in [-0.3, -0.25) is 4.79 Å². The first kappa shape index (κ1) is 17.2. The Morgan fingerprint density at radius 3 is 2.52 bits per heavy atom. The van der Waals surface area contributed by atoms with Gasteiger partial charge in [-0.15, -0.1) is 0 Å². The van der Waals surface area contributed by atoms with Crippen LogP contribution in [0.1, 0.15) is 22.8 Å². The molecule has 0 unspecified atom stereocenters. The van der Waals surface area contributed by atoms with Crippen molar-refractivity contribution in [3.8, 4) is 11.5 Å². The van der Waals surface area contributed by atoms with Crippen molar-refractivity contribution >= 4 is 17.5 Å². The Balaban J connectivity index is 1.87. The van der Waals surface area contributed by atoms with E-state index in [9.17, 15) is 4.79 Å². The minimum atomic E-state index is -0.150. The number of nitrogens with one attached hydrogen (secondary N) is 1. The first-order valence-electron chi connectivity index (χ1n) is 7.47. The third kappa shape index (κ3) is 4.89. The van der Waals surface area contributed by atoms with Crippen molar-refractivity contribution in [3.63, 3.8) is 0 Å². The van der Waals surface area contributed by atoms with Crippen LogP contribution < -0.4 is 14.8 Å². The van der Waals surface area contributed by atoms with Crippen LogP contribution in [-0.4, -0.2) is 26.2 Å². The maximum Gasteiger partial charge on any atom is 0.251 e. The second-order valence-electron chi connectivity index (χ2n) is 4.93. The standard InChI is InChI=1S/C18H20ClNO3/c1-3-23-17-9-6-14(12-16(17)19)18(21)20-11-10-13-4-7-15(22-2)8-5-13/h4-9,12H,3,10-11H2,1-2H3,(H,20,21). The van der Waals surface area contributed by atoms with E-state index < -0.39 is 0 Å². The zero-order valence-corrected chi connectivity index (χ0v) is 14.0. The number of halogens is 1. The van der Waals surface area contributed by atoms with Crippen molar-refractivity contribution < 1.29 is 14.3 Å². The van der Waals surface area contributed by atoms with Gasteiger partial charge in [-0.05, 0) is 49.2 Å². The fraction of sp³-hybridized carbons (Fsp3) is 0.278. The Hall–Kier alpha value is -2.20. The molecule has 0 spiro atoms. The highest BCUT2D eigenvalue weighted by Crippen LogP contribution is 2.25. The summed E-state index contributed by atoms with van der Waals surface area (Å²) in [6.45, 7) is 2.97. The topological polar surface area (TPSA) is 47.6 Å². The third-order valence-electron chi connectivity index (χ3n) is 3.35. The normalized spacial score (nSPS) is 10.2. The highest BCUT2D eigenvalue weighted by Gasteiger charge is 2.09.